The van der Waals surface area contributed by atoms with Crippen LogP contribution in [-0.4, -0.2) is 72.7 Å². The van der Waals surface area contributed by atoms with Gasteiger partial charge in [0.15, 0.2) is 23.0 Å². The van der Waals surface area contributed by atoms with Gasteiger partial charge < -0.3 is 24.4 Å². The van der Waals surface area contributed by atoms with Crippen LogP contribution in [0.3, 0.4) is 0 Å². The lowest BCUT2D eigenvalue weighted by molar-refractivity contribution is 0.0751. The third kappa shape index (κ3) is 5.87. The zero-order valence-electron chi connectivity index (χ0n) is 20.6. The van der Waals surface area contributed by atoms with Crippen molar-refractivity contribution in [2.45, 2.75) is 0 Å². The molecule has 37 heavy (non-hydrogen) atoms. The fraction of sp³-hybridized carbons (Fsp3) is 0.231. The molecule has 1 aliphatic rings. The highest BCUT2D eigenvalue weighted by atomic mass is 31.2. The molecule has 0 atom stereocenters. The Morgan fingerprint density at radius 2 is 1.19 bits per heavy atom. The van der Waals surface area contributed by atoms with E-state index < -0.39 is 7.44 Å². The number of phenols is 2. The van der Waals surface area contributed by atoms with Crippen LogP contribution in [0, 0.1) is 0 Å². The predicted molar refractivity (Wildman–Crippen MR) is 142 cm³/mol. The van der Waals surface area contributed by atoms with Crippen LogP contribution in [0.5, 0.6) is 23.0 Å². The molecule has 0 saturated carbocycles. The molecule has 11 heteroatoms. The Bertz CT molecular complexity index is 1240. The molecule has 0 fully saturated rings. The molecular weight excluding hydrogens is 495 g/mol. The van der Waals surface area contributed by atoms with Gasteiger partial charge >= 0.3 is 7.44 Å². The van der Waals surface area contributed by atoms with Gasteiger partial charge in [0, 0.05) is 25.2 Å². The maximum absolute atomic E-state index is 14.4. The highest BCUT2D eigenvalue weighted by Gasteiger charge is 2.34. The van der Waals surface area contributed by atoms with Crippen molar-refractivity contribution < 1.29 is 29.0 Å². The number of hydrogen-bond donors (Lipinski definition) is 2. The summed E-state index contributed by atoms with van der Waals surface area (Å²) in [7, 11) is -0.430. The Kier molecular flexibility index (Phi) is 8.32. The first kappa shape index (κ1) is 26.1. The zero-order valence-corrected chi connectivity index (χ0v) is 21.5. The van der Waals surface area contributed by atoms with Crippen LogP contribution in [0.25, 0.3) is 0 Å². The lowest BCUT2D eigenvalue weighted by Gasteiger charge is -2.31. The van der Waals surface area contributed by atoms with Crippen molar-refractivity contribution in [3.05, 3.63) is 77.9 Å². The molecule has 0 unspecified atom stereocenters. The third-order valence-corrected chi connectivity index (χ3v) is 8.38. The van der Waals surface area contributed by atoms with Crippen LogP contribution in [0.15, 0.2) is 76.9 Å². The molecule has 3 aromatic rings. The van der Waals surface area contributed by atoms with Gasteiger partial charge in [-0.3, -0.25) is 4.57 Å². The van der Waals surface area contributed by atoms with Gasteiger partial charge in [-0.15, -0.1) is 0 Å². The Morgan fingerprint density at radius 1 is 0.703 bits per heavy atom. The molecule has 1 aliphatic heterocycles. The molecule has 4 bridgehead atoms. The van der Waals surface area contributed by atoms with E-state index in [1.807, 2.05) is 6.07 Å². The molecule has 1 heterocycles. The summed E-state index contributed by atoms with van der Waals surface area (Å²) in [6.45, 7) is 0.961. The van der Waals surface area contributed by atoms with Gasteiger partial charge in [-0.05, 0) is 36.4 Å². The van der Waals surface area contributed by atoms with Gasteiger partial charge in [-0.1, -0.05) is 30.3 Å². The number of hydrazone groups is 2. The van der Waals surface area contributed by atoms with Gasteiger partial charge in [0.25, 0.3) is 0 Å². The number of hydrogen-bond acceptors (Lipinski definition) is 8. The van der Waals surface area contributed by atoms with Gasteiger partial charge in [0.2, 0.25) is 0 Å². The molecule has 3 aromatic carbocycles. The predicted octanol–water partition coefficient (Wildman–Crippen LogP) is 3.64. The number of aromatic hydroxyl groups is 2. The third-order valence-electron chi connectivity index (χ3n) is 5.64. The molecule has 0 saturated heterocycles. The summed E-state index contributed by atoms with van der Waals surface area (Å²) in [5.74, 6) is 0.366. The highest BCUT2D eigenvalue weighted by Crippen LogP contribution is 2.51. The molecular formula is C26H29N4O6P. The molecule has 0 spiro atoms. The summed E-state index contributed by atoms with van der Waals surface area (Å²) in [6.07, 6.45) is 2.83. The highest BCUT2D eigenvalue weighted by molar-refractivity contribution is 7.66. The second kappa shape index (κ2) is 11.8. The van der Waals surface area contributed by atoms with Gasteiger partial charge in [-0.2, -0.15) is 10.2 Å². The molecule has 10 nitrogen and oxygen atoms in total. The summed E-state index contributed by atoms with van der Waals surface area (Å²) in [5.41, 5.74) is 0.779. The molecule has 4 rings (SSSR count). The summed E-state index contributed by atoms with van der Waals surface area (Å²) < 4.78 is 33.9. The van der Waals surface area contributed by atoms with Crippen LogP contribution in [0.4, 0.5) is 0 Å². The Balaban J connectivity index is 1.75. The normalized spacial score (nSPS) is 18.2. The minimum absolute atomic E-state index is 0.0905. The van der Waals surface area contributed by atoms with Crippen molar-refractivity contribution in [1.29, 1.82) is 0 Å². The second-order valence-corrected chi connectivity index (χ2v) is 10.8. The summed E-state index contributed by atoms with van der Waals surface area (Å²) in [5, 5.41) is 30.6. The lowest BCUT2D eigenvalue weighted by Crippen LogP contribution is -2.28. The van der Waals surface area contributed by atoms with E-state index in [1.54, 1.807) is 74.8 Å². The molecule has 0 radical (unpaired) electrons. The Hall–Kier alpha value is -4.01. The SMILES string of the molecule is CN1/N=C\c2cccc(c2O)OCCOCCOc2cccc(c2O)/C=N\N(C)P1(=O)c1ccccc1. The lowest BCUT2D eigenvalue weighted by atomic mass is 10.2. The number of benzene rings is 3. The minimum Gasteiger partial charge on any atom is -0.504 e. The van der Waals surface area contributed by atoms with Crippen molar-refractivity contribution in [3.63, 3.8) is 0 Å². The first-order valence-corrected chi connectivity index (χ1v) is 13.2. The molecule has 2 N–H and O–H groups in total. The van der Waals surface area contributed by atoms with Gasteiger partial charge in [0.1, 0.15) is 13.2 Å². The quantitative estimate of drug-likeness (QED) is 0.464. The number of rotatable bonds is 1. The number of nitrogens with zero attached hydrogens (tertiary/aromatic N) is 4. The Labute approximate surface area is 215 Å². The fourth-order valence-corrected chi connectivity index (χ4v) is 5.61. The Morgan fingerprint density at radius 3 is 1.68 bits per heavy atom. The molecule has 0 aliphatic carbocycles. The van der Waals surface area contributed by atoms with Crippen LogP contribution < -0.4 is 14.8 Å². The van der Waals surface area contributed by atoms with E-state index in [1.165, 1.54) is 22.0 Å². The van der Waals surface area contributed by atoms with Crippen LogP contribution >= 0.6 is 7.44 Å². The van der Waals surface area contributed by atoms with Crippen LogP contribution in [0.2, 0.25) is 0 Å². The number of ether oxygens (including phenoxy) is 3. The smallest absolute Gasteiger partial charge is 0.322 e. The number of fused-ring (bicyclic) bond motifs is 4. The van der Waals surface area contributed by atoms with Gasteiger partial charge in [-0.25, -0.2) is 9.56 Å². The van der Waals surface area contributed by atoms with Crippen molar-refractivity contribution >= 4 is 25.2 Å². The van der Waals surface area contributed by atoms with Crippen molar-refractivity contribution in [1.82, 2.24) is 9.56 Å². The van der Waals surface area contributed by atoms with Crippen molar-refractivity contribution in [2.75, 3.05) is 40.5 Å². The van der Waals surface area contributed by atoms with E-state index in [-0.39, 0.29) is 49.4 Å². The first-order valence-electron chi connectivity index (χ1n) is 11.6. The van der Waals surface area contributed by atoms with E-state index in [9.17, 15) is 14.8 Å². The van der Waals surface area contributed by atoms with Crippen molar-refractivity contribution in [3.8, 4) is 23.0 Å². The summed E-state index contributed by atoms with van der Waals surface area (Å²) >= 11 is 0. The minimum atomic E-state index is -3.57. The van der Waals surface area contributed by atoms with Crippen LogP contribution in [0.1, 0.15) is 11.1 Å². The zero-order chi connectivity index (χ0) is 26.3. The monoisotopic (exact) mass is 524 g/mol. The average Bonchev–Trinajstić information content (AvgIpc) is 2.92. The number of para-hydroxylation sites is 2. The fourth-order valence-electron chi connectivity index (χ4n) is 3.62. The summed E-state index contributed by atoms with van der Waals surface area (Å²) in [4.78, 5) is 0. The van der Waals surface area contributed by atoms with Gasteiger partial charge in [0.05, 0.1) is 30.9 Å². The standard InChI is InChI=1S/C26H29N4O6P/c1-29-27-18-20-8-6-12-23(25(20)31)35-16-14-34-15-17-36-24-13-7-9-21(26(24)32)19-28-30(2)37(29,33)22-10-4-3-5-11-22/h3-13,18-19,31-32H,14-17H2,1-2H3/b27-18-,28-19-. The van der Waals surface area contributed by atoms with Crippen LogP contribution in [-0.2, 0) is 9.30 Å². The van der Waals surface area contributed by atoms with E-state index in [4.69, 9.17) is 14.2 Å². The maximum Gasteiger partial charge on any atom is 0.322 e. The number of phenolic OH excluding ortho intramolecular Hbond substituents is 2. The topological polar surface area (TPSA) is 116 Å². The van der Waals surface area contributed by atoms with E-state index >= 15 is 0 Å². The average molecular weight is 525 g/mol. The largest absolute Gasteiger partial charge is 0.504 e. The van der Waals surface area contributed by atoms with E-state index in [0.717, 1.165) is 0 Å². The summed E-state index contributed by atoms with van der Waals surface area (Å²) in [6, 6.07) is 18.9. The molecule has 0 aromatic heterocycles. The van der Waals surface area contributed by atoms with Crippen molar-refractivity contribution in [2.24, 2.45) is 10.2 Å². The van der Waals surface area contributed by atoms with E-state index in [0.29, 0.717) is 16.4 Å². The molecule has 194 valence electrons. The van der Waals surface area contributed by atoms with E-state index in [2.05, 4.69) is 10.2 Å². The maximum atomic E-state index is 14.4. The molecule has 0 amide bonds. The second-order valence-electron chi connectivity index (χ2n) is 8.04. The first-order chi connectivity index (χ1) is 17.9.